The molecule has 0 aromatic heterocycles. The number of allylic oxidation sites excluding steroid dienone is 5. The molecule has 4 heteroatoms. The quantitative estimate of drug-likeness (QED) is 0.348. The minimum Gasteiger partial charge on any atom is -0.331 e. The lowest BCUT2D eigenvalue weighted by atomic mass is 9.68. The smallest absolute Gasteiger partial charge is 0.205 e. The molecule has 0 saturated heterocycles. The van der Waals surface area contributed by atoms with Gasteiger partial charge in [0.2, 0.25) is 8.38 Å². The van der Waals surface area contributed by atoms with Gasteiger partial charge in [0, 0.05) is 17.3 Å². The van der Waals surface area contributed by atoms with Crippen LogP contribution in [-0.4, -0.2) is 19.0 Å². The molecule has 0 aliphatic heterocycles. The summed E-state index contributed by atoms with van der Waals surface area (Å²) in [5.74, 6) is 0.710. The Kier molecular flexibility index (Phi) is 7.42. The van der Waals surface area contributed by atoms with Crippen LogP contribution in [0.15, 0.2) is 34.2 Å². The second-order valence-corrected chi connectivity index (χ2v) is 9.53. The van der Waals surface area contributed by atoms with Gasteiger partial charge in [0.25, 0.3) is 0 Å². The zero-order valence-corrected chi connectivity index (χ0v) is 18.3. The molecule has 2 saturated carbocycles. The van der Waals surface area contributed by atoms with E-state index in [9.17, 15) is 4.79 Å². The molecule has 2 rings (SSSR count). The Balaban J connectivity index is 2.55. The third kappa shape index (κ3) is 4.74. The van der Waals surface area contributed by atoms with E-state index in [4.69, 9.17) is 9.05 Å². The van der Waals surface area contributed by atoms with Gasteiger partial charge < -0.3 is 9.05 Å². The van der Waals surface area contributed by atoms with Gasteiger partial charge in [-0.25, -0.2) is 0 Å². The summed E-state index contributed by atoms with van der Waals surface area (Å²) in [7, 11) is -1.16. The Morgan fingerprint density at radius 3 is 2.12 bits per heavy atom. The van der Waals surface area contributed by atoms with Gasteiger partial charge in [-0.2, -0.15) is 0 Å². The number of hydrogen-bond acceptors (Lipinski definition) is 3. The zero-order valence-electron chi connectivity index (χ0n) is 17.4. The maximum atomic E-state index is 13.2. The second-order valence-electron chi connectivity index (χ2n) is 8.05. The first-order chi connectivity index (χ1) is 12.3. The Labute approximate surface area is 160 Å². The number of carbonyl (C=O) groups excluding carboxylic acids is 1. The summed E-state index contributed by atoms with van der Waals surface area (Å²) in [5, 5.41) is 1.14. The van der Waals surface area contributed by atoms with Crippen LogP contribution in [0, 0.1) is 11.3 Å². The van der Waals surface area contributed by atoms with E-state index in [1.54, 1.807) is 0 Å². The largest absolute Gasteiger partial charge is 0.331 e. The standard InChI is InChI=1S/C22H35O3P/c1-8-22(7)13-16(6)19(18(23)14-22)20(17-11-12-17)21(15(4)5)26(24-9-2)25-10-3/h17H,6,8-14H2,1-5,7H3/b20-19+. The van der Waals surface area contributed by atoms with Crippen LogP contribution in [0.3, 0.4) is 0 Å². The number of hydrogen-bond donors (Lipinski definition) is 0. The Hall–Kier alpha value is -0.760. The fourth-order valence-electron chi connectivity index (χ4n) is 3.77. The first-order valence-corrected chi connectivity index (χ1v) is 11.1. The molecule has 3 nitrogen and oxygen atoms in total. The van der Waals surface area contributed by atoms with Crippen LogP contribution in [0.1, 0.15) is 73.6 Å². The van der Waals surface area contributed by atoms with Crippen LogP contribution in [-0.2, 0) is 13.8 Å². The lowest BCUT2D eigenvalue weighted by molar-refractivity contribution is -0.118. The summed E-state index contributed by atoms with van der Waals surface area (Å²) in [6, 6.07) is 0. The van der Waals surface area contributed by atoms with Crippen LogP contribution >= 0.6 is 8.38 Å². The van der Waals surface area contributed by atoms with Crippen molar-refractivity contribution in [2.75, 3.05) is 13.2 Å². The topological polar surface area (TPSA) is 35.5 Å². The molecule has 0 aromatic rings. The highest BCUT2D eigenvalue weighted by molar-refractivity contribution is 7.52. The number of carbonyl (C=O) groups is 1. The minimum absolute atomic E-state index is 0.0437. The van der Waals surface area contributed by atoms with Gasteiger partial charge in [0.05, 0.1) is 13.2 Å². The van der Waals surface area contributed by atoms with Gasteiger partial charge >= 0.3 is 0 Å². The van der Waals surface area contributed by atoms with Crippen molar-refractivity contribution in [1.29, 1.82) is 0 Å². The van der Waals surface area contributed by atoms with Gasteiger partial charge in [0.15, 0.2) is 5.78 Å². The highest BCUT2D eigenvalue weighted by Gasteiger charge is 2.41. The van der Waals surface area contributed by atoms with E-state index in [1.807, 2.05) is 13.8 Å². The fourth-order valence-corrected chi connectivity index (χ4v) is 5.43. The molecule has 0 N–H and O–H groups in total. The van der Waals surface area contributed by atoms with E-state index in [-0.39, 0.29) is 11.2 Å². The third-order valence-corrected chi connectivity index (χ3v) is 7.41. The van der Waals surface area contributed by atoms with E-state index in [0.717, 1.165) is 42.1 Å². The van der Waals surface area contributed by atoms with Crippen molar-refractivity contribution >= 4 is 14.2 Å². The van der Waals surface area contributed by atoms with Gasteiger partial charge in [-0.05, 0) is 75.9 Å². The molecular formula is C22H35O3P. The van der Waals surface area contributed by atoms with Crippen molar-refractivity contribution in [2.45, 2.75) is 73.6 Å². The van der Waals surface area contributed by atoms with Crippen molar-refractivity contribution in [1.82, 2.24) is 0 Å². The summed E-state index contributed by atoms with van der Waals surface area (Å²) < 4.78 is 12.0. The van der Waals surface area contributed by atoms with Crippen LogP contribution in [0.5, 0.6) is 0 Å². The molecule has 26 heavy (non-hydrogen) atoms. The first-order valence-electron chi connectivity index (χ1n) is 9.97. The zero-order chi connectivity index (χ0) is 19.5. The lowest BCUT2D eigenvalue weighted by Crippen LogP contribution is -2.29. The highest BCUT2D eigenvalue weighted by Crippen LogP contribution is 2.59. The third-order valence-electron chi connectivity index (χ3n) is 5.37. The van der Waals surface area contributed by atoms with Gasteiger partial charge in [-0.1, -0.05) is 26.0 Å². The monoisotopic (exact) mass is 378 g/mol. The van der Waals surface area contributed by atoms with Crippen molar-refractivity contribution in [2.24, 2.45) is 11.3 Å². The fraction of sp³-hybridized carbons (Fsp3) is 0.682. The molecular weight excluding hydrogens is 343 g/mol. The first kappa shape index (κ1) is 21.5. The van der Waals surface area contributed by atoms with E-state index in [0.29, 0.717) is 25.6 Å². The van der Waals surface area contributed by atoms with Crippen LogP contribution in [0.4, 0.5) is 0 Å². The predicted octanol–water partition coefficient (Wildman–Crippen LogP) is 6.71. The van der Waals surface area contributed by atoms with E-state index >= 15 is 0 Å². The normalized spacial score (nSPS) is 25.7. The maximum absolute atomic E-state index is 13.2. The van der Waals surface area contributed by atoms with Gasteiger partial charge in [-0.3, -0.25) is 4.79 Å². The van der Waals surface area contributed by atoms with E-state index in [1.165, 1.54) is 11.1 Å². The molecule has 2 aliphatic rings. The molecule has 1 unspecified atom stereocenters. The van der Waals surface area contributed by atoms with E-state index < -0.39 is 8.38 Å². The highest BCUT2D eigenvalue weighted by atomic mass is 31.2. The Morgan fingerprint density at radius 1 is 1.15 bits per heavy atom. The predicted molar refractivity (Wildman–Crippen MR) is 110 cm³/mol. The lowest BCUT2D eigenvalue weighted by Gasteiger charge is -2.36. The number of Topliss-reactive ketones (excluding diaryl/α,β-unsaturated/α-hetero) is 1. The van der Waals surface area contributed by atoms with Gasteiger partial charge in [-0.15, -0.1) is 0 Å². The van der Waals surface area contributed by atoms with Crippen LogP contribution < -0.4 is 0 Å². The number of rotatable bonds is 8. The van der Waals surface area contributed by atoms with Gasteiger partial charge in [0.1, 0.15) is 0 Å². The van der Waals surface area contributed by atoms with Crippen molar-refractivity contribution in [3.05, 3.63) is 34.2 Å². The molecule has 0 radical (unpaired) electrons. The molecule has 2 fully saturated rings. The molecule has 0 amide bonds. The molecule has 2 aliphatic carbocycles. The average molecular weight is 378 g/mol. The summed E-state index contributed by atoms with van der Waals surface area (Å²) in [4.78, 5) is 13.2. The Bertz CT molecular complexity index is 595. The van der Waals surface area contributed by atoms with E-state index in [2.05, 4.69) is 34.3 Å². The molecule has 0 spiro atoms. The van der Waals surface area contributed by atoms with Crippen molar-refractivity contribution in [3.8, 4) is 0 Å². The Morgan fingerprint density at radius 2 is 1.73 bits per heavy atom. The van der Waals surface area contributed by atoms with Crippen LogP contribution in [0.2, 0.25) is 0 Å². The summed E-state index contributed by atoms with van der Waals surface area (Å²) in [6.45, 7) is 18.1. The summed E-state index contributed by atoms with van der Waals surface area (Å²) in [6.07, 6.45) is 4.80. The van der Waals surface area contributed by atoms with Crippen molar-refractivity contribution in [3.63, 3.8) is 0 Å². The summed E-state index contributed by atoms with van der Waals surface area (Å²) >= 11 is 0. The number of ketones is 1. The molecule has 146 valence electrons. The molecule has 0 bridgehead atoms. The second kappa shape index (κ2) is 8.95. The SMILES string of the molecule is C=C1CC(C)(CC)CC(=O)/C1=C(/C(=C(C)C)P(OCC)OCC)C1CC1. The maximum Gasteiger partial charge on any atom is 0.205 e. The molecule has 0 aromatic carbocycles. The molecule has 0 heterocycles. The average Bonchev–Trinajstić information content (AvgIpc) is 3.37. The molecule has 1 atom stereocenters. The summed E-state index contributed by atoms with van der Waals surface area (Å²) in [5.41, 5.74) is 4.32. The van der Waals surface area contributed by atoms with Crippen molar-refractivity contribution < 1.29 is 13.8 Å². The van der Waals surface area contributed by atoms with Crippen LogP contribution in [0.25, 0.3) is 0 Å². The minimum atomic E-state index is -1.16.